The average Bonchev–Trinajstić information content (AvgIpc) is 3.11. The van der Waals surface area contributed by atoms with E-state index in [0.717, 1.165) is 19.3 Å². The summed E-state index contributed by atoms with van der Waals surface area (Å²) < 4.78 is 11.5. The lowest BCUT2D eigenvalue weighted by Crippen LogP contribution is -2.53. The predicted molar refractivity (Wildman–Crippen MR) is 87.5 cm³/mol. The van der Waals surface area contributed by atoms with Crippen LogP contribution in [0.5, 0.6) is 0 Å². The van der Waals surface area contributed by atoms with Crippen LogP contribution in [0.2, 0.25) is 0 Å². The van der Waals surface area contributed by atoms with Gasteiger partial charge in [0.25, 0.3) is 0 Å². The maximum atomic E-state index is 10.3. The summed E-state index contributed by atoms with van der Waals surface area (Å²) in [6.07, 6.45) is 7.24. The zero-order chi connectivity index (χ0) is 16.3. The van der Waals surface area contributed by atoms with Crippen molar-refractivity contribution in [2.24, 2.45) is 17.8 Å². The molecule has 4 heteroatoms. The fourth-order valence-electron chi connectivity index (χ4n) is 4.42. The Hall–Kier alpha value is -0.600. The minimum absolute atomic E-state index is 0.0341. The van der Waals surface area contributed by atoms with Crippen LogP contribution in [-0.4, -0.2) is 41.4 Å². The number of hydrogen-bond donors (Lipinski definition) is 2. The summed E-state index contributed by atoms with van der Waals surface area (Å²) in [5.74, 6) is 6.29. The Morgan fingerprint density at radius 3 is 2.65 bits per heavy atom. The molecule has 0 radical (unpaired) electrons. The molecule has 0 bridgehead atoms. The van der Waals surface area contributed by atoms with Gasteiger partial charge in [0.15, 0.2) is 5.79 Å². The molecular weight excluding hydrogens is 292 g/mol. The van der Waals surface area contributed by atoms with Crippen molar-refractivity contribution in [3.8, 4) is 11.8 Å². The van der Waals surface area contributed by atoms with Gasteiger partial charge >= 0.3 is 0 Å². The highest BCUT2D eigenvalue weighted by Gasteiger charge is 2.64. The van der Waals surface area contributed by atoms with E-state index in [1.54, 1.807) is 0 Å². The third kappa shape index (κ3) is 3.58. The van der Waals surface area contributed by atoms with Crippen molar-refractivity contribution < 1.29 is 19.7 Å². The largest absolute Gasteiger partial charge is 0.392 e. The summed E-state index contributed by atoms with van der Waals surface area (Å²) in [7, 11) is 0. The number of unbranched alkanes of at least 4 members (excludes halogenated alkanes) is 4. The maximum absolute atomic E-state index is 10.3. The highest BCUT2D eigenvalue weighted by molar-refractivity contribution is 5.19. The van der Waals surface area contributed by atoms with Crippen molar-refractivity contribution in [3.05, 3.63) is 0 Å². The number of hydrogen-bond acceptors (Lipinski definition) is 4. The highest BCUT2D eigenvalue weighted by Crippen LogP contribution is 2.59. The van der Waals surface area contributed by atoms with E-state index < -0.39 is 18.0 Å². The average molecular weight is 322 g/mol. The third-order valence-corrected chi connectivity index (χ3v) is 5.75. The zero-order valence-electron chi connectivity index (χ0n) is 14.2. The first-order chi connectivity index (χ1) is 11.2. The summed E-state index contributed by atoms with van der Waals surface area (Å²) in [4.78, 5) is 0. The molecule has 1 aliphatic heterocycles. The van der Waals surface area contributed by atoms with E-state index in [4.69, 9.17) is 9.47 Å². The van der Waals surface area contributed by atoms with Crippen LogP contribution >= 0.6 is 0 Å². The summed E-state index contributed by atoms with van der Waals surface area (Å²) >= 11 is 0. The molecule has 2 N–H and O–H groups in total. The molecule has 23 heavy (non-hydrogen) atoms. The number of fused-ring (bicyclic) bond motifs is 2. The lowest BCUT2D eigenvalue weighted by Gasteiger charge is -2.48. The summed E-state index contributed by atoms with van der Waals surface area (Å²) in [6, 6.07) is 0. The van der Waals surface area contributed by atoms with Gasteiger partial charge in [-0.2, -0.15) is 0 Å². The molecular formula is C19H30O4. The monoisotopic (exact) mass is 322 g/mol. The first-order valence-corrected chi connectivity index (χ1v) is 9.31. The number of ether oxygens (including phenoxy) is 2. The summed E-state index contributed by atoms with van der Waals surface area (Å²) in [5.41, 5.74) is 0. The second kappa shape index (κ2) is 7.53. The van der Waals surface area contributed by atoms with Gasteiger partial charge in [-0.25, -0.2) is 0 Å². The maximum Gasteiger partial charge on any atom is 0.172 e. The molecule has 5 atom stereocenters. The van der Waals surface area contributed by atoms with Gasteiger partial charge in [-0.05, 0) is 25.2 Å². The molecule has 1 spiro atoms. The third-order valence-electron chi connectivity index (χ3n) is 5.75. The molecule has 1 saturated heterocycles. The topological polar surface area (TPSA) is 58.9 Å². The Morgan fingerprint density at radius 2 is 1.91 bits per heavy atom. The molecule has 5 unspecified atom stereocenters. The first-order valence-electron chi connectivity index (χ1n) is 9.31. The van der Waals surface area contributed by atoms with E-state index >= 15 is 0 Å². The van der Waals surface area contributed by atoms with E-state index in [2.05, 4.69) is 18.8 Å². The number of aliphatic hydroxyl groups is 2. The van der Waals surface area contributed by atoms with Crippen LogP contribution in [0, 0.1) is 29.6 Å². The normalized spacial score (nSPS) is 35.4. The van der Waals surface area contributed by atoms with Crippen molar-refractivity contribution in [2.45, 2.75) is 76.3 Å². The fraction of sp³-hybridized carbons (Fsp3) is 0.895. The molecule has 4 nitrogen and oxygen atoms in total. The van der Waals surface area contributed by atoms with Crippen molar-refractivity contribution in [1.82, 2.24) is 0 Å². The van der Waals surface area contributed by atoms with E-state index in [0.29, 0.717) is 25.6 Å². The molecule has 1 heterocycles. The quantitative estimate of drug-likeness (QED) is 0.583. The lowest BCUT2D eigenvalue weighted by atomic mass is 9.67. The van der Waals surface area contributed by atoms with Crippen LogP contribution < -0.4 is 0 Å². The second-order valence-electron chi connectivity index (χ2n) is 7.32. The van der Waals surface area contributed by atoms with Gasteiger partial charge in [0.1, 0.15) is 6.10 Å². The van der Waals surface area contributed by atoms with Gasteiger partial charge < -0.3 is 19.7 Å². The summed E-state index contributed by atoms with van der Waals surface area (Å²) in [5, 5.41) is 20.3. The molecule has 130 valence electrons. The Bertz CT molecular complexity index is 446. The lowest BCUT2D eigenvalue weighted by molar-refractivity contribution is -0.270. The summed E-state index contributed by atoms with van der Waals surface area (Å²) in [6.45, 7) is 3.52. The second-order valence-corrected chi connectivity index (χ2v) is 7.32. The Labute approximate surface area is 139 Å². The van der Waals surface area contributed by atoms with E-state index in [1.165, 1.54) is 25.7 Å². The van der Waals surface area contributed by atoms with Crippen molar-refractivity contribution in [2.75, 3.05) is 13.2 Å². The zero-order valence-corrected chi connectivity index (χ0v) is 14.2. The SMILES string of the molecule is CCCCCCCC(O)C#CC1C(O)CC2C1CC21OCCO1. The minimum atomic E-state index is -0.559. The van der Waals surface area contributed by atoms with Gasteiger partial charge in [-0.3, -0.25) is 0 Å². The first kappa shape index (κ1) is 17.2. The van der Waals surface area contributed by atoms with E-state index in [9.17, 15) is 10.2 Å². The van der Waals surface area contributed by atoms with E-state index in [1.807, 2.05) is 0 Å². The fourth-order valence-corrected chi connectivity index (χ4v) is 4.42. The van der Waals surface area contributed by atoms with Gasteiger partial charge in [-0.1, -0.05) is 44.4 Å². The molecule has 3 fully saturated rings. The Morgan fingerprint density at radius 1 is 1.17 bits per heavy atom. The molecule has 0 aromatic heterocycles. The smallest absolute Gasteiger partial charge is 0.172 e. The molecule has 0 amide bonds. The molecule has 2 aliphatic carbocycles. The van der Waals surface area contributed by atoms with Gasteiger partial charge in [0.2, 0.25) is 0 Å². The van der Waals surface area contributed by atoms with Crippen LogP contribution in [0.25, 0.3) is 0 Å². The standard InChI is InChI=1S/C19H30O4/c1-2-3-4-5-6-7-14(20)8-9-15-16-13-19(22-10-11-23-19)17(16)12-18(15)21/h14-18,20-21H,2-7,10-13H2,1H3. The van der Waals surface area contributed by atoms with Crippen LogP contribution in [0.3, 0.4) is 0 Å². The van der Waals surface area contributed by atoms with Crippen molar-refractivity contribution in [3.63, 3.8) is 0 Å². The highest BCUT2D eigenvalue weighted by atomic mass is 16.7. The molecule has 2 saturated carbocycles. The van der Waals surface area contributed by atoms with Crippen LogP contribution in [-0.2, 0) is 9.47 Å². The molecule has 0 aromatic rings. The van der Waals surface area contributed by atoms with Crippen LogP contribution in [0.15, 0.2) is 0 Å². The number of rotatable bonds is 6. The van der Waals surface area contributed by atoms with E-state index in [-0.39, 0.29) is 11.8 Å². The Kier molecular flexibility index (Phi) is 5.64. The minimum Gasteiger partial charge on any atom is -0.392 e. The molecule has 3 aliphatic rings. The van der Waals surface area contributed by atoms with Gasteiger partial charge in [0.05, 0.1) is 19.3 Å². The number of aliphatic hydroxyl groups excluding tert-OH is 2. The van der Waals surface area contributed by atoms with Crippen LogP contribution in [0.1, 0.15) is 58.3 Å². The Balaban J connectivity index is 1.45. The predicted octanol–water partition coefficient (Wildman–Crippen LogP) is 2.47. The van der Waals surface area contributed by atoms with Crippen molar-refractivity contribution >= 4 is 0 Å². The molecule has 3 rings (SSSR count). The van der Waals surface area contributed by atoms with Crippen LogP contribution in [0.4, 0.5) is 0 Å². The van der Waals surface area contributed by atoms with Gasteiger partial charge in [0, 0.05) is 18.3 Å². The molecule has 0 aromatic carbocycles. The van der Waals surface area contributed by atoms with Crippen molar-refractivity contribution in [1.29, 1.82) is 0 Å². The van der Waals surface area contributed by atoms with Gasteiger partial charge in [-0.15, -0.1) is 0 Å².